The zero-order valence-corrected chi connectivity index (χ0v) is 12.7. The molecule has 6 nitrogen and oxygen atoms in total. The second-order valence-electron chi connectivity index (χ2n) is 5.62. The van der Waals surface area contributed by atoms with Crippen molar-refractivity contribution in [3.05, 3.63) is 36.3 Å². The molecule has 0 radical (unpaired) electrons. The molecule has 2 aromatic heterocycles. The third-order valence-electron chi connectivity index (χ3n) is 4.01. The van der Waals surface area contributed by atoms with Crippen molar-refractivity contribution >= 4 is 5.91 Å². The summed E-state index contributed by atoms with van der Waals surface area (Å²) in [4.78, 5) is 18.6. The number of nitrogens with zero attached hydrogens (tertiary/aromatic N) is 3. The molecule has 2 aromatic rings. The SMILES string of the molecule is C[C@H](CNC(=O)c1cc(-c2cccnc2)on1)N1CCCC1. The van der Waals surface area contributed by atoms with E-state index in [4.69, 9.17) is 4.52 Å². The Morgan fingerprint density at radius 1 is 1.45 bits per heavy atom. The minimum absolute atomic E-state index is 0.204. The second-order valence-corrected chi connectivity index (χ2v) is 5.62. The summed E-state index contributed by atoms with van der Waals surface area (Å²) >= 11 is 0. The second kappa shape index (κ2) is 6.70. The highest BCUT2D eigenvalue weighted by Gasteiger charge is 2.19. The lowest BCUT2D eigenvalue weighted by molar-refractivity contribution is 0.0931. The Labute approximate surface area is 129 Å². The van der Waals surface area contributed by atoms with Crippen molar-refractivity contribution in [2.24, 2.45) is 0 Å². The van der Waals surface area contributed by atoms with Gasteiger partial charge in [0.05, 0.1) is 0 Å². The highest BCUT2D eigenvalue weighted by Crippen LogP contribution is 2.18. The highest BCUT2D eigenvalue weighted by molar-refractivity contribution is 5.93. The van der Waals surface area contributed by atoms with Crippen LogP contribution in [0.5, 0.6) is 0 Å². The van der Waals surface area contributed by atoms with Crippen LogP contribution in [0.3, 0.4) is 0 Å². The number of aromatic nitrogens is 2. The Hall–Kier alpha value is -2.21. The minimum atomic E-state index is -0.204. The van der Waals surface area contributed by atoms with Gasteiger partial charge in [-0.25, -0.2) is 0 Å². The smallest absolute Gasteiger partial charge is 0.273 e. The van der Waals surface area contributed by atoms with Gasteiger partial charge in [0.15, 0.2) is 11.5 Å². The lowest BCUT2D eigenvalue weighted by Crippen LogP contribution is -2.40. The summed E-state index contributed by atoms with van der Waals surface area (Å²) in [7, 11) is 0. The predicted molar refractivity (Wildman–Crippen MR) is 82.3 cm³/mol. The highest BCUT2D eigenvalue weighted by atomic mass is 16.5. The number of pyridine rings is 1. The van der Waals surface area contributed by atoms with Gasteiger partial charge in [0.1, 0.15) is 0 Å². The van der Waals surface area contributed by atoms with Crippen LogP contribution in [-0.4, -0.2) is 46.6 Å². The van der Waals surface area contributed by atoms with E-state index in [1.165, 1.54) is 12.8 Å². The first-order chi connectivity index (χ1) is 10.7. The van der Waals surface area contributed by atoms with E-state index in [0.29, 0.717) is 24.0 Å². The van der Waals surface area contributed by atoms with Crippen molar-refractivity contribution in [3.8, 4) is 11.3 Å². The van der Waals surface area contributed by atoms with E-state index in [1.807, 2.05) is 12.1 Å². The van der Waals surface area contributed by atoms with Crippen LogP contribution >= 0.6 is 0 Å². The molecule has 1 aliphatic heterocycles. The lowest BCUT2D eigenvalue weighted by atomic mass is 10.2. The van der Waals surface area contributed by atoms with Gasteiger partial charge in [-0.2, -0.15) is 0 Å². The summed E-state index contributed by atoms with van der Waals surface area (Å²) in [5.41, 5.74) is 1.10. The van der Waals surface area contributed by atoms with E-state index in [9.17, 15) is 4.79 Å². The van der Waals surface area contributed by atoms with Crippen molar-refractivity contribution in [2.75, 3.05) is 19.6 Å². The summed E-state index contributed by atoms with van der Waals surface area (Å²) < 4.78 is 5.22. The Balaban J connectivity index is 1.57. The normalized spacial score (nSPS) is 16.6. The van der Waals surface area contributed by atoms with Gasteiger partial charge < -0.3 is 9.84 Å². The molecule has 0 spiro atoms. The van der Waals surface area contributed by atoms with Crippen molar-refractivity contribution in [3.63, 3.8) is 0 Å². The van der Waals surface area contributed by atoms with Gasteiger partial charge in [-0.3, -0.25) is 14.7 Å². The lowest BCUT2D eigenvalue weighted by Gasteiger charge is -2.23. The number of hydrogen-bond acceptors (Lipinski definition) is 5. The summed E-state index contributed by atoms with van der Waals surface area (Å²) in [6, 6.07) is 5.67. The maximum Gasteiger partial charge on any atom is 0.273 e. The largest absolute Gasteiger partial charge is 0.355 e. The van der Waals surface area contributed by atoms with E-state index in [2.05, 4.69) is 27.3 Å². The fourth-order valence-electron chi connectivity index (χ4n) is 2.67. The Kier molecular flexibility index (Phi) is 4.48. The molecule has 1 saturated heterocycles. The summed E-state index contributed by atoms with van der Waals surface area (Å²) in [5.74, 6) is 0.343. The Morgan fingerprint density at radius 3 is 3.00 bits per heavy atom. The van der Waals surface area contributed by atoms with Gasteiger partial charge in [0.25, 0.3) is 5.91 Å². The molecule has 1 fully saturated rings. The fourth-order valence-corrected chi connectivity index (χ4v) is 2.67. The van der Waals surface area contributed by atoms with Crippen LogP contribution in [0.15, 0.2) is 35.1 Å². The molecule has 1 N–H and O–H groups in total. The van der Waals surface area contributed by atoms with Gasteiger partial charge in [-0.1, -0.05) is 5.16 Å². The van der Waals surface area contributed by atoms with E-state index < -0.39 is 0 Å². The number of likely N-dealkylation sites (tertiary alicyclic amines) is 1. The molecular weight excluding hydrogens is 280 g/mol. The molecule has 0 aromatic carbocycles. The van der Waals surface area contributed by atoms with Crippen molar-refractivity contribution in [2.45, 2.75) is 25.8 Å². The molecule has 1 amide bonds. The average Bonchev–Trinajstić information content (AvgIpc) is 3.24. The standard InChI is InChI=1S/C16H20N4O2/c1-12(20-7-2-3-8-20)10-18-16(21)14-9-15(22-19-14)13-5-4-6-17-11-13/h4-6,9,11-12H,2-3,7-8,10H2,1H3,(H,18,21)/t12-/m1/s1. The topological polar surface area (TPSA) is 71.3 Å². The number of carbonyl (C=O) groups is 1. The Bertz CT molecular complexity index is 620. The Morgan fingerprint density at radius 2 is 2.27 bits per heavy atom. The van der Waals surface area contributed by atoms with Gasteiger partial charge in [0.2, 0.25) is 0 Å². The van der Waals surface area contributed by atoms with Crippen LogP contribution in [0.2, 0.25) is 0 Å². The van der Waals surface area contributed by atoms with Gasteiger partial charge in [0, 0.05) is 36.6 Å². The van der Waals surface area contributed by atoms with E-state index in [0.717, 1.165) is 18.7 Å². The number of nitrogens with one attached hydrogen (secondary N) is 1. The number of carbonyl (C=O) groups excluding carboxylic acids is 1. The first-order valence-corrected chi connectivity index (χ1v) is 7.63. The zero-order valence-electron chi connectivity index (χ0n) is 12.7. The molecule has 0 aliphatic carbocycles. The quantitative estimate of drug-likeness (QED) is 0.914. The molecule has 116 valence electrons. The molecule has 6 heteroatoms. The monoisotopic (exact) mass is 300 g/mol. The van der Waals surface area contributed by atoms with Crippen LogP contribution in [0.25, 0.3) is 11.3 Å². The van der Waals surface area contributed by atoms with E-state index >= 15 is 0 Å². The van der Waals surface area contributed by atoms with Crippen LogP contribution in [0.1, 0.15) is 30.3 Å². The molecule has 0 unspecified atom stereocenters. The van der Waals surface area contributed by atoms with Gasteiger partial charge in [-0.05, 0) is 45.0 Å². The molecular formula is C16H20N4O2. The third-order valence-corrected chi connectivity index (χ3v) is 4.01. The first kappa shape index (κ1) is 14.7. The van der Waals surface area contributed by atoms with Crippen LogP contribution < -0.4 is 5.32 Å². The van der Waals surface area contributed by atoms with Crippen molar-refractivity contribution < 1.29 is 9.32 Å². The third kappa shape index (κ3) is 3.33. The van der Waals surface area contributed by atoms with Crippen molar-refractivity contribution in [1.82, 2.24) is 20.4 Å². The summed E-state index contributed by atoms with van der Waals surface area (Å²) in [6.07, 6.45) is 5.86. The molecule has 22 heavy (non-hydrogen) atoms. The van der Waals surface area contributed by atoms with Crippen LogP contribution in [0, 0.1) is 0 Å². The molecule has 1 atom stereocenters. The minimum Gasteiger partial charge on any atom is -0.355 e. The van der Waals surface area contributed by atoms with E-state index in [1.54, 1.807) is 18.5 Å². The first-order valence-electron chi connectivity index (χ1n) is 7.63. The van der Waals surface area contributed by atoms with E-state index in [-0.39, 0.29) is 5.91 Å². The van der Waals surface area contributed by atoms with Crippen LogP contribution in [-0.2, 0) is 0 Å². The van der Waals surface area contributed by atoms with Crippen LogP contribution in [0.4, 0.5) is 0 Å². The number of amides is 1. The predicted octanol–water partition coefficient (Wildman–Crippen LogP) is 1.95. The van der Waals surface area contributed by atoms with Crippen molar-refractivity contribution in [1.29, 1.82) is 0 Å². The molecule has 0 saturated carbocycles. The fraction of sp³-hybridized carbons (Fsp3) is 0.438. The zero-order chi connectivity index (χ0) is 15.4. The summed E-state index contributed by atoms with van der Waals surface area (Å²) in [5, 5.41) is 6.76. The molecule has 3 heterocycles. The maximum atomic E-state index is 12.1. The number of hydrogen-bond donors (Lipinski definition) is 1. The molecule has 3 rings (SSSR count). The summed E-state index contributed by atoms with van der Waals surface area (Å²) in [6.45, 7) is 4.99. The number of rotatable bonds is 5. The van der Waals surface area contributed by atoms with Gasteiger partial charge in [-0.15, -0.1) is 0 Å². The molecule has 0 bridgehead atoms. The van der Waals surface area contributed by atoms with Gasteiger partial charge >= 0.3 is 0 Å². The molecule has 1 aliphatic rings. The average molecular weight is 300 g/mol. The maximum absolute atomic E-state index is 12.1.